The van der Waals surface area contributed by atoms with E-state index in [9.17, 15) is 0 Å². The van der Waals surface area contributed by atoms with Crippen LogP contribution < -0.4 is 16.8 Å². The van der Waals surface area contributed by atoms with Gasteiger partial charge in [-0.2, -0.15) is 0 Å². The summed E-state index contributed by atoms with van der Waals surface area (Å²) in [6, 6.07) is 14.0. The van der Waals surface area contributed by atoms with E-state index < -0.39 is 0 Å². The van der Waals surface area contributed by atoms with Gasteiger partial charge >= 0.3 is 0 Å². The zero-order chi connectivity index (χ0) is 20.3. The molecule has 148 valence electrons. The molecule has 0 saturated heterocycles. The molecular formula is C22H24N6O. The number of aromatic nitrogens is 2. The average molecular weight is 388 g/mol. The fourth-order valence-corrected chi connectivity index (χ4v) is 3.36. The Hall–Kier alpha value is -3.45. The number of benzene rings is 1. The molecule has 0 bridgehead atoms. The maximum Gasteiger partial charge on any atom is 0.150 e. The van der Waals surface area contributed by atoms with E-state index in [1.807, 2.05) is 24.3 Å². The topological polar surface area (TPSA) is 122 Å². The van der Waals surface area contributed by atoms with E-state index in [1.54, 1.807) is 12.4 Å². The van der Waals surface area contributed by atoms with Gasteiger partial charge in [-0.3, -0.25) is 9.98 Å². The first-order valence-corrected chi connectivity index (χ1v) is 9.58. The van der Waals surface area contributed by atoms with E-state index in [1.165, 1.54) is 11.8 Å². The number of pyridine rings is 2. The number of rotatable bonds is 7. The third kappa shape index (κ3) is 3.90. The molecule has 6 N–H and O–H groups in total. The summed E-state index contributed by atoms with van der Waals surface area (Å²) in [4.78, 5) is 13.2. The number of aliphatic imine (C=N–C) groups is 1. The van der Waals surface area contributed by atoms with Gasteiger partial charge in [-0.1, -0.05) is 12.1 Å². The minimum atomic E-state index is -0.179. The van der Waals surface area contributed by atoms with E-state index in [-0.39, 0.29) is 12.1 Å². The number of aliphatic hydroxyl groups is 1. The third-order valence-electron chi connectivity index (χ3n) is 5.12. The van der Waals surface area contributed by atoms with Crippen molar-refractivity contribution in [1.29, 1.82) is 0 Å². The zero-order valence-corrected chi connectivity index (χ0v) is 16.0. The monoisotopic (exact) mass is 388 g/mol. The molecule has 2 aromatic heterocycles. The molecule has 1 aliphatic rings. The van der Waals surface area contributed by atoms with E-state index in [0.29, 0.717) is 29.3 Å². The van der Waals surface area contributed by atoms with Crippen LogP contribution in [0.25, 0.3) is 16.5 Å². The molecule has 3 aromatic rings. The number of nitrogens with zero attached hydrogens (tertiary/aromatic N) is 3. The van der Waals surface area contributed by atoms with Crippen molar-refractivity contribution < 1.29 is 5.11 Å². The quantitative estimate of drug-likeness (QED) is 0.462. The summed E-state index contributed by atoms with van der Waals surface area (Å²) in [7, 11) is 0. The van der Waals surface area contributed by atoms with Crippen LogP contribution in [0.3, 0.4) is 0 Å². The van der Waals surface area contributed by atoms with Gasteiger partial charge in [0.1, 0.15) is 0 Å². The second-order valence-electron chi connectivity index (χ2n) is 7.13. The summed E-state index contributed by atoms with van der Waals surface area (Å²) in [5, 5.41) is 13.6. The molecule has 7 nitrogen and oxygen atoms in total. The van der Waals surface area contributed by atoms with Crippen LogP contribution in [-0.2, 0) is 5.54 Å². The number of hydrogen-bond donors (Lipinski definition) is 4. The Morgan fingerprint density at radius 3 is 2.86 bits per heavy atom. The molecule has 29 heavy (non-hydrogen) atoms. The Morgan fingerprint density at radius 1 is 1.24 bits per heavy atom. The molecule has 7 heteroatoms. The predicted octanol–water partition coefficient (Wildman–Crippen LogP) is 2.68. The lowest BCUT2D eigenvalue weighted by molar-refractivity contribution is 0.307. The molecule has 1 aliphatic carbocycles. The Morgan fingerprint density at radius 2 is 2.10 bits per heavy atom. The fraction of sp³-hybridized carbons (Fsp3) is 0.227. The lowest BCUT2D eigenvalue weighted by atomic mass is 10.0. The first kappa shape index (κ1) is 18.9. The first-order valence-electron chi connectivity index (χ1n) is 9.58. The van der Waals surface area contributed by atoms with Gasteiger partial charge in [0, 0.05) is 29.6 Å². The summed E-state index contributed by atoms with van der Waals surface area (Å²) in [5.41, 5.74) is 15.9. The van der Waals surface area contributed by atoms with Gasteiger partial charge in [0.15, 0.2) is 5.82 Å². The second-order valence-corrected chi connectivity index (χ2v) is 7.13. The van der Waals surface area contributed by atoms with Crippen LogP contribution in [0.1, 0.15) is 24.1 Å². The third-order valence-corrected chi connectivity index (χ3v) is 5.12. The molecular weight excluding hydrogens is 364 g/mol. The Bertz CT molecular complexity index is 1090. The molecule has 0 radical (unpaired) electrons. The second kappa shape index (κ2) is 7.89. The number of fused-ring (bicyclic) bond motifs is 1. The number of nitrogens with two attached hydrogens (primary N) is 2. The maximum absolute atomic E-state index is 8.90. The summed E-state index contributed by atoms with van der Waals surface area (Å²) in [6.45, 7) is 0.303. The molecule has 0 unspecified atom stereocenters. The normalized spacial score (nSPS) is 15.7. The highest BCUT2D eigenvalue weighted by atomic mass is 16.3. The Balaban J connectivity index is 1.63. The lowest BCUT2D eigenvalue weighted by Gasteiger charge is -2.21. The first-order chi connectivity index (χ1) is 14.1. The largest absolute Gasteiger partial charge is 0.404 e. The molecule has 0 spiro atoms. The van der Waals surface area contributed by atoms with Gasteiger partial charge < -0.3 is 21.9 Å². The minimum Gasteiger partial charge on any atom is -0.404 e. The summed E-state index contributed by atoms with van der Waals surface area (Å²) in [6.07, 6.45) is 6.87. The SMILES string of the molecule is NC=C(C=NCCO)c1ccc(N)c(NC2(c3ccc4ncccc4c3)CC2)n1. The van der Waals surface area contributed by atoms with Gasteiger partial charge in [-0.05, 0) is 48.7 Å². The zero-order valence-electron chi connectivity index (χ0n) is 16.0. The lowest BCUT2D eigenvalue weighted by Crippen LogP contribution is -2.21. The van der Waals surface area contributed by atoms with Gasteiger partial charge in [0.25, 0.3) is 0 Å². The van der Waals surface area contributed by atoms with Crippen molar-refractivity contribution in [3.05, 3.63) is 66.1 Å². The maximum atomic E-state index is 8.90. The van der Waals surface area contributed by atoms with E-state index in [4.69, 9.17) is 16.6 Å². The number of aliphatic hydroxyl groups excluding tert-OH is 1. The number of hydrogen-bond acceptors (Lipinski definition) is 7. The summed E-state index contributed by atoms with van der Waals surface area (Å²) < 4.78 is 0. The van der Waals surface area contributed by atoms with Crippen molar-refractivity contribution >= 4 is 34.2 Å². The van der Waals surface area contributed by atoms with Crippen LogP contribution >= 0.6 is 0 Å². The highest BCUT2D eigenvalue weighted by Gasteiger charge is 2.45. The van der Waals surface area contributed by atoms with Gasteiger partial charge in [0.05, 0.1) is 35.6 Å². The van der Waals surface area contributed by atoms with Gasteiger partial charge in [0.2, 0.25) is 0 Å². The molecule has 2 heterocycles. The van der Waals surface area contributed by atoms with E-state index in [0.717, 1.165) is 23.7 Å². The minimum absolute atomic E-state index is 0.0138. The van der Waals surface area contributed by atoms with Crippen molar-refractivity contribution in [3.63, 3.8) is 0 Å². The van der Waals surface area contributed by atoms with Crippen molar-refractivity contribution in [2.75, 3.05) is 24.2 Å². The molecule has 1 saturated carbocycles. The molecule has 4 rings (SSSR count). The summed E-state index contributed by atoms with van der Waals surface area (Å²) in [5.74, 6) is 0.626. The van der Waals surface area contributed by atoms with Gasteiger partial charge in [-0.15, -0.1) is 0 Å². The highest BCUT2D eigenvalue weighted by Crippen LogP contribution is 2.49. The number of anilines is 2. The fourth-order valence-electron chi connectivity index (χ4n) is 3.36. The van der Waals surface area contributed by atoms with Crippen LogP contribution in [0.15, 0.2) is 59.9 Å². The Kier molecular flexibility index (Phi) is 5.14. The van der Waals surface area contributed by atoms with Crippen LogP contribution in [0.5, 0.6) is 0 Å². The number of nitrogens with one attached hydrogen (secondary N) is 1. The summed E-state index contributed by atoms with van der Waals surface area (Å²) >= 11 is 0. The Labute approximate surface area is 169 Å². The standard InChI is InChI=1S/C22H24N6O/c23-13-16(14-25-10-11-29)20-6-4-18(24)21(27-20)28-22(7-8-22)17-3-5-19-15(12-17)2-1-9-26-19/h1-6,9,12-14,29H,7-8,10-11,23-24H2,(H,27,28). The van der Waals surface area contributed by atoms with Crippen LogP contribution in [-0.4, -0.2) is 34.4 Å². The van der Waals surface area contributed by atoms with E-state index >= 15 is 0 Å². The molecule has 0 aliphatic heterocycles. The van der Waals surface area contributed by atoms with Crippen LogP contribution in [0, 0.1) is 0 Å². The predicted molar refractivity (Wildman–Crippen MR) is 118 cm³/mol. The smallest absolute Gasteiger partial charge is 0.150 e. The number of nitrogen functional groups attached to an aromatic ring is 1. The average Bonchev–Trinajstić information content (AvgIpc) is 3.53. The molecule has 0 atom stereocenters. The van der Waals surface area contributed by atoms with Crippen molar-refractivity contribution in [3.8, 4) is 0 Å². The number of allylic oxidation sites excluding steroid dienone is 1. The van der Waals surface area contributed by atoms with Crippen molar-refractivity contribution in [2.24, 2.45) is 10.7 Å². The van der Waals surface area contributed by atoms with Crippen molar-refractivity contribution in [1.82, 2.24) is 9.97 Å². The molecule has 1 aromatic carbocycles. The molecule has 1 fully saturated rings. The van der Waals surface area contributed by atoms with E-state index in [2.05, 4.69) is 38.5 Å². The van der Waals surface area contributed by atoms with Crippen LogP contribution in [0.2, 0.25) is 0 Å². The molecule has 0 amide bonds. The highest BCUT2D eigenvalue weighted by molar-refractivity contribution is 6.09. The van der Waals surface area contributed by atoms with Crippen molar-refractivity contribution in [2.45, 2.75) is 18.4 Å². The van der Waals surface area contributed by atoms with Crippen LogP contribution in [0.4, 0.5) is 11.5 Å². The van der Waals surface area contributed by atoms with Gasteiger partial charge in [-0.25, -0.2) is 4.98 Å².